The van der Waals surface area contributed by atoms with Crippen molar-refractivity contribution in [3.05, 3.63) is 0 Å². The summed E-state index contributed by atoms with van der Waals surface area (Å²) in [6, 6.07) is 0. The van der Waals surface area contributed by atoms with Gasteiger partial charge in [0.1, 0.15) is 0 Å². The maximum atomic E-state index is 12.1. The molecule has 0 spiro atoms. The maximum Gasteiger partial charge on any atom is 0.303 e. The van der Waals surface area contributed by atoms with Gasteiger partial charge in [-0.1, -0.05) is 6.92 Å². The first kappa shape index (κ1) is 14.0. The number of hydrogen-bond donors (Lipinski definition) is 1. The van der Waals surface area contributed by atoms with Gasteiger partial charge in [-0.2, -0.15) is 0 Å². The van der Waals surface area contributed by atoms with Crippen LogP contribution in [0.1, 0.15) is 33.6 Å². The molecule has 1 aliphatic rings. The Bertz CT molecular complexity index is 301. The Hall–Kier alpha value is -1.10. The van der Waals surface area contributed by atoms with Crippen molar-refractivity contribution in [3.8, 4) is 0 Å². The standard InChI is InChI=1S/C12H21NO4/c1-9(7-11(15)16)6-10(14)13-4-5-17-8-12(13,2)3/h9H,4-8H2,1-3H3,(H,15,16). The summed E-state index contributed by atoms with van der Waals surface area (Å²) in [4.78, 5) is 24.4. The summed E-state index contributed by atoms with van der Waals surface area (Å²) in [5.41, 5.74) is -0.293. The van der Waals surface area contributed by atoms with Crippen molar-refractivity contribution < 1.29 is 19.4 Å². The van der Waals surface area contributed by atoms with E-state index in [1.54, 1.807) is 11.8 Å². The van der Waals surface area contributed by atoms with Crippen LogP contribution in [-0.4, -0.2) is 47.2 Å². The molecule has 1 saturated heterocycles. The highest BCUT2D eigenvalue weighted by Crippen LogP contribution is 2.21. The lowest BCUT2D eigenvalue weighted by Crippen LogP contribution is -2.55. The number of carbonyl (C=O) groups is 2. The van der Waals surface area contributed by atoms with Gasteiger partial charge in [0.2, 0.25) is 5.91 Å². The van der Waals surface area contributed by atoms with Crippen LogP contribution in [0, 0.1) is 5.92 Å². The lowest BCUT2D eigenvalue weighted by molar-refractivity contribution is -0.147. The second-order valence-corrected chi connectivity index (χ2v) is 5.32. The minimum atomic E-state index is -0.855. The Morgan fingerprint density at radius 2 is 2.06 bits per heavy atom. The molecule has 1 heterocycles. The summed E-state index contributed by atoms with van der Waals surface area (Å²) in [5, 5.41) is 8.66. The minimum absolute atomic E-state index is 0.0204. The Balaban J connectivity index is 2.54. The van der Waals surface area contributed by atoms with E-state index in [4.69, 9.17) is 9.84 Å². The molecular formula is C12H21NO4. The quantitative estimate of drug-likeness (QED) is 0.803. The number of carbonyl (C=O) groups excluding carboxylic acids is 1. The van der Waals surface area contributed by atoms with Crippen molar-refractivity contribution in [2.24, 2.45) is 5.92 Å². The molecule has 1 amide bonds. The molecule has 1 fully saturated rings. The Morgan fingerprint density at radius 1 is 1.41 bits per heavy atom. The van der Waals surface area contributed by atoms with E-state index in [1.807, 2.05) is 13.8 Å². The molecule has 1 atom stereocenters. The summed E-state index contributed by atoms with van der Waals surface area (Å²) < 4.78 is 5.35. The third kappa shape index (κ3) is 4.00. The van der Waals surface area contributed by atoms with E-state index < -0.39 is 5.97 Å². The van der Waals surface area contributed by atoms with Crippen LogP contribution < -0.4 is 0 Å². The molecule has 1 N–H and O–H groups in total. The molecule has 1 rings (SSSR count). The fraction of sp³-hybridized carbons (Fsp3) is 0.833. The molecule has 17 heavy (non-hydrogen) atoms. The number of carboxylic acids is 1. The fourth-order valence-electron chi connectivity index (χ4n) is 2.10. The Morgan fingerprint density at radius 3 is 2.59 bits per heavy atom. The first-order valence-corrected chi connectivity index (χ1v) is 5.93. The van der Waals surface area contributed by atoms with Gasteiger partial charge >= 0.3 is 5.97 Å². The fourth-order valence-corrected chi connectivity index (χ4v) is 2.10. The Kier molecular flexibility index (Phi) is 4.51. The van der Waals surface area contributed by atoms with Gasteiger partial charge in [0.05, 0.1) is 18.8 Å². The second kappa shape index (κ2) is 5.49. The van der Waals surface area contributed by atoms with Gasteiger partial charge in [0, 0.05) is 19.4 Å². The van der Waals surface area contributed by atoms with Gasteiger partial charge in [0.25, 0.3) is 0 Å². The molecule has 0 saturated carbocycles. The zero-order chi connectivity index (χ0) is 13.1. The summed E-state index contributed by atoms with van der Waals surface area (Å²) >= 11 is 0. The molecule has 0 aromatic carbocycles. The van der Waals surface area contributed by atoms with Gasteiger partial charge in [-0.25, -0.2) is 0 Å². The highest BCUT2D eigenvalue weighted by molar-refractivity contribution is 5.78. The van der Waals surface area contributed by atoms with Crippen LogP contribution >= 0.6 is 0 Å². The zero-order valence-electron chi connectivity index (χ0n) is 10.7. The molecule has 0 bridgehead atoms. The van der Waals surface area contributed by atoms with E-state index in [-0.39, 0.29) is 30.2 Å². The van der Waals surface area contributed by atoms with Crippen molar-refractivity contribution >= 4 is 11.9 Å². The van der Waals surface area contributed by atoms with Crippen LogP contribution in [0.5, 0.6) is 0 Å². The number of carboxylic acid groups (broad SMARTS) is 1. The first-order valence-electron chi connectivity index (χ1n) is 5.93. The molecule has 0 aromatic heterocycles. The summed E-state index contributed by atoms with van der Waals surface area (Å²) in [7, 11) is 0. The average Bonchev–Trinajstić information content (AvgIpc) is 2.14. The lowest BCUT2D eigenvalue weighted by atomic mass is 9.98. The number of nitrogens with zero attached hydrogens (tertiary/aromatic N) is 1. The molecule has 5 heteroatoms. The zero-order valence-corrected chi connectivity index (χ0v) is 10.7. The van der Waals surface area contributed by atoms with E-state index in [1.165, 1.54) is 0 Å². The van der Waals surface area contributed by atoms with Crippen LogP contribution in [0.25, 0.3) is 0 Å². The van der Waals surface area contributed by atoms with Crippen molar-refractivity contribution in [1.82, 2.24) is 4.90 Å². The molecule has 0 radical (unpaired) electrons. The largest absolute Gasteiger partial charge is 0.481 e. The second-order valence-electron chi connectivity index (χ2n) is 5.32. The van der Waals surface area contributed by atoms with Crippen LogP contribution in [-0.2, 0) is 14.3 Å². The van der Waals surface area contributed by atoms with Crippen molar-refractivity contribution in [2.75, 3.05) is 19.8 Å². The van der Waals surface area contributed by atoms with E-state index in [0.717, 1.165) is 0 Å². The van der Waals surface area contributed by atoms with Crippen LogP contribution in [0.3, 0.4) is 0 Å². The van der Waals surface area contributed by atoms with Gasteiger partial charge in [0.15, 0.2) is 0 Å². The van der Waals surface area contributed by atoms with Crippen molar-refractivity contribution in [1.29, 1.82) is 0 Å². The third-order valence-electron chi connectivity index (χ3n) is 2.99. The Labute approximate surface area is 102 Å². The van der Waals surface area contributed by atoms with Gasteiger partial charge < -0.3 is 14.7 Å². The predicted octanol–water partition coefficient (Wildman–Crippen LogP) is 1.12. The van der Waals surface area contributed by atoms with Gasteiger partial charge in [-0.3, -0.25) is 9.59 Å². The molecular weight excluding hydrogens is 222 g/mol. The number of amides is 1. The molecule has 0 aromatic rings. The maximum absolute atomic E-state index is 12.1. The minimum Gasteiger partial charge on any atom is -0.481 e. The molecule has 1 unspecified atom stereocenters. The van der Waals surface area contributed by atoms with Crippen LogP contribution in [0.15, 0.2) is 0 Å². The predicted molar refractivity (Wildman–Crippen MR) is 62.6 cm³/mol. The van der Waals surface area contributed by atoms with Gasteiger partial charge in [-0.15, -0.1) is 0 Å². The molecule has 98 valence electrons. The monoisotopic (exact) mass is 243 g/mol. The van der Waals surface area contributed by atoms with Crippen LogP contribution in [0.2, 0.25) is 0 Å². The highest BCUT2D eigenvalue weighted by Gasteiger charge is 2.34. The first-order chi connectivity index (χ1) is 7.83. The van der Waals surface area contributed by atoms with E-state index in [9.17, 15) is 9.59 Å². The van der Waals surface area contributed by atoms with E-state index >= 15 is 0 Å². The van der Waals surface area contributed by atoms with Crippen molar-refractivity contribution in [2.45, 2.75) is 39.2 Å². The number of aliphatic carboxylic acids is 1. The average molecular weight is 243 g/mol. The summed E-state index contributed by atoms with van der Waals surface area (Å²) in [6.07, 6.45) is 0.326. The highest BCUT2D eigenvalue weighted by atomic mass is 16.5. The lowest BCUT2D eigenvalue weighted by Gasteiger charge is -2.42. The number of rotatable bonds is 4. The molecule has 5 nitrogen and oxygen atoms in total. The smallest absolute Gasteiger partial charge is 0.303 e. The van der Waals surface area contributed by atoms with Gasteiger partial charge in [-0.05, 0) is 19.8 Å². The van der Waals surface area contributed by atoms with E-state index in [0.29, 0.717) is 19.8 Å². The number of hydrogen-bond acceptors (Lipinski definition) is 3. The van der Waals surface area contributed by atoms with Crippen LogP contribution in [0.4, 0.5) is 0 Å². The molecule has 1 aliphatic heterocycles. The third-order valence-corrected chi connectivity index (χ3v) is 2.99. The van der Waals surface area contributed by atoms with Crippen molar-refractivity contribution in [3.63, 3.8) is 0 Å². The topological polar surface area (TPSA) is 66.8 Å². The number of ether oxygens (including phenoxy) is 1. The van der Waals surface area contributed by atoms with E-state index in [2.05, 4.69) is 0 Å². The summed E-state index contributed by atoms with van der Waals surface area (Å²) in [6.45, 7) is 7.40. The normalized spacial score (nSPS) is 21.0. The summed E-state index contributed by atoms with van der Waals surface area (Å²) in [5.74, 6) is -0.961. The number of morpholine rings is 1. The SMILES string of the molecule is CC(CC(=O)O)CC(=O)N1CCOCC1(C)C. The molecule has 0 aliphatic carbocycles.